The fraction of sp³-hybridized carbons (Fsp3) is 0.600. The summed E-state index contributed by atoms with van der Waals surface area (Å²) in [5.74, 6) is 0.0147. The second-order valence-corrected chi connectivity index (χ2v) is 4.90. The molecule has 0 aliphatic rings. The highest BCUT2D eigenvalue weighted by Gasteiger charge is 2.33. The van der Waals surface area contributed by atoms with Crippen molar-refractivity contribution >= 4 is 5.82 Å². The van der Waals surface area contributed by atoms with E-state index in [4.69, 9.17) is 5.26 Å². The molecule has 0 unspecified atom stereocenters. The molecule has 0 amide bonds. The van der Waals surface area contributed by atoms with Gasteiger partial charge in [-0.3, -0.25) is 0 Å². The Morgan fingerprint density at radius 3 is 2.43 bits per heavy atom. The zero-order valence-corrected chi connectivity index (χ0v) is 12.1. The van der Waals surface area contributed by atoms with E-state index in [2.05, 4.69) is 17.2 Å². The van der Waals surface area contributed by atoms with Crippen LogP contribution in [0.4, 0.5) is 19.0 Å². The number of nitrogens with zero attached hydrogens (tertiary/aromatic N) is 2. The predicted molar refractivity (Wildman–Crippen MR) is 75.8 cm³/mol. The fourth-order valence-electron chi connectivity index (χ4n) is 1.95. The predicted octanol–water partition coefficient (Wildman–Crippen LogP) is 4.74. The van der Waals surface area contributed by atoms with Crippen LogP contribution in [0.25, 0.3) is 0 Å². The molecule has 0 aromatic carbocycles. The van der Waals surface area contributed by atoms with Crippen molar-refractivity contribution < 1.29 is 13.2 Å². The number of nitrogens with one attached hydrogen (secondary N) is 1. The molecule has 0 bridgehead atoms. The van der Waals surface area contributed by atoms with E-state index in [0.29, 0.717) is 6.54 Å². The molecule has 1 rings (SSSR count). The monoisotopic (exact) mass is 299 g/mol. The number of rotatable bonds is 8. The zero-order valence-electron chi connectivity index (χ0n) is 12.1. The molecule has 3 nitrogen and oxygen atoms in total. The van der Waals surface area contributed by atoms with Gasteiger partial charge < -0.3 is 5.32 Å². The number of pyridine rings is 1. The van der Waals surface area contributed by atoms with E-state index in [9.17, 15) is 13.2 Å². The summed E-state index contributed by atoms with van der Waals surface area (Å²) in [5.41, 5.74) is -0.846. The molecule has 0 aliphatic heterocycles. The first-order chi connectivity index (χ1) is 9.99. The molecule has 116 valence electrons. The molecule has 6 heteroatoms. The zero-order chi connectivity index (χ0) is 15.7. The van der Waals surface area contributed by atoms with E-state index >= 15 is 0 Å². The Morgan fingerprint density at radius 2 is 1.81 bits per heavy atom. The minimum Gasteiger partial charge on any atom is -0.369 e. The maximum absolute atomic E-state index is 12.6. The van der Waals surface area contributed by atoms with Gasteiger partial charge in [0.05, 0.1) is 5.56 Å². The summed E-state index contributed by atoms with van der Waals surface area (Å²) < 4.78 is 37.8. The molecule has 0 atom stereocenters. The number of anilines is 1. The van der Waals surface area contributed by atoms with Crippen LogP contribution >= 0.6 is 0 Å². The normalized spacial score (nSPS) is 11.2. The van der Waals surface area contributed by atoms with Crippen LogP contribution in [0, 0.1) is 11.3 Å². The van der Waals surface area contributed by atoms with Gasteiger partial charge in [-0.25, -0.2) is 4.98 Å². The van der Waals surface area contributed by atoms with E-state index in [1.165, 1.54) is 19.3 Å². The number of halogens is 3. The molecule has 1 aromatic rings. The smallest absolute Gasteiger partial charge is 0.369 e. The third kappa shape index (κ3) is 6.03. The van der Waals surface area contributed by atoms with Gasteiger partial charge in [-0.15, -0.1) is 0 Å². The van der Waals surface area contributed by atoms with Crippen LogP contribution in [0.15, 0.2) is 12.1 Å². The molecule has 0 saturated carbocycles. The van der Waals surface area contributed by atoms with Crippen molar-refractivity contribution in [2.75, 3.05) is 11.9 Å². The number of hydrogen-bond donors (Lipinski definition) is 1. The first-order valence-electron chi connectivity index (χ1n) is 7.21. The summed E-state index contributed by atoms with van der Waals surface area (Å²) in [4.78, 5) is 3.50. The van der Waals surface area contributed by atoms with Crippen LogP contribution in [0.2, 0.25) is 0 Å². The standard InChI is InChI=1S/C15H20F3N3/c1-2-3-4-5-6-7-10-20-14-12(11-19)8-9-13(21-14)15(16,17)18/h8-9H,2-7,10H2,1H3,(H,20,21). The molecule has 0 fully saturated rings. The summed E-state index contributed by atoms with van der Waals surface area (Å²) in [6, 6.07) is 3.83. The lowest BCUT2D eigenvalue weighted by Gasteiger charge is -2.11. The Balaban J connectivity index is 2.51. The molecule has 1 N–H and O–H groups in total. The summed E-state index contributed by atoms with van der Waals surface area (Å²) in [5, 5.41) is 11.7. The third-order valence-electron chi connectivity index (χ3n) is 3.13. The SMILES string of the molecule is CCCCCCCCNc1nc(C(F)(F)F)ccc1C#N. The molecular weight excluding hydrogens is 279 g/mol. The van der Waals surface area contributed by atoms with E-state index in [-0.39, 0.29) is 11.4 Å². The molecule has 0 aliphatic carbocycles. The van der Waals surface area contributed by atoms with Gasteiger partial charge in [-0.1, -0.05) is 39.0 Å². The van der Waals surface area contributed by atoms with Gasteiger partial charge in [-0.2, -0.15) is 18.4 Å². The molecule has 21 heavy (non-hydrogen) atoms. The van der Waals surface area contributed by atoms with Crippen LogP contribution in [-0.2, 0) is 6.18 Å². The number of nitriles is 1. The van der Waals surface area contributed by atoms with E-state index in [1.807, 2.05) is 6.07 Å². The van der Waals surface area contributed by atoms with Gasteiger partial charge in [0, 0.05) is 6.54 Å². The van der Waals surface area contributed by atoms with E-state index < -0.39 is 11.9 Å². The topological polar surface area (TPSA) is 48.7 Å². The third-order valence-corrected chi connectivity index (χ3v) is 3.13. The summed E-state index contributed by atoms with van der Waals surface area (Å²) >= 11 is 0. The first-order valence-corrected chi connectivity index (χ1v) is 7.21. The maximum atomic E-state index is 12.6. The molecular formula is C15H20F3N3. The Morgan fingerprint density at radius 1 is 1.14 bits per heavy atom. The van der Waals surface area contributed by atoms with E-state index in [1.54, 1.807) is 0 Å². The van der Waals surface area contributed by atoms with Crippen molar-refractivity contribution in [1.29, 1.82) is 5.26 Å². The van der Waals surface area contributed by atoms with Gasteiger partial charge >= 0.3 is 6.18 Å². The van der Waals surface area contributed by atoms with Crippen molar-refractivity contribution in [2.45, 2.75) is 51.6 Å². The van der Waals surface area contributed by atoms with Crippen LogP contribution in [0.3, 0.4) is 0 Å². The van der Waals surface area contributed by atoms with Crippen LogP contribution in [-0.4, -0.2) is 11.5 Å². The van der Waals surface area contributed by atoms with Crippen molar-refractivity contribution in [1.82, 2.24) is 4.98 Å². The van der Waals surface area contributed by atoms with Gasteiger partial charge in [0.1, 0.15) is 17.6 Å². The van der Waals surface area contributed by atoms with Crippen molar-refractivity contribution in [2.24, 2.45) is 0 Å². The van der Waals surface area contributed by atoms with Gasteiger partial charge in [0.25, 0.3) is 0 Å². The summed E-state index contributed by atoms with van der Waals surface area (Å²) in [6.07, 6.45) is 2.07. The quantitative estimate of drug-likeness (QED) is 0.705. The highest BCUT2D eigenvalue weighted by molar-refractivity contribution is 5.52. The highest BCUT2D eigenvalue weighted by Crippen LogP contribution is 2.29. The second kappa shape index (κ2) is 8.50. The average molecular weight is 299 g/mol. The molecule has 0 spiro atoms. The van der Waals surface area contributed by atoms with Gasteiger partial charge in [0.2, 0.25) is 0 Å². The number of hydrogen-bond acceptors (Lipinski definition) is 3. The van der Waals surface area contributed by atoms with Crippen LogP contribution in [0.1, 0.15) is 56.7 Å². The lowest BCUT2D eigenvalue weighted by molar-refractivity contribution is -0.141. The fourth-order valence-corrected chi connectivity index (χ4v) is 1.95. The van der Waals surface area contributed by atoms with Crippen molar-refractivity contribution in [3.05, 3.63) is 23.4 Å². The molecule has 0 saturated heterocycles. The molecule has 1 aromatic heterocycles. The highest BCUT2D eigenvalue weighted by atomic mass is 19.4. The minimum atomic E-state index is -4.50. The largest absolute Gasteiger partial charge is 0.433 e. The van der Waals surface area contributed by atoms with Crippen LogP contribution in [0.5, 0.6) is 0 Å². The van der Waals surface area contributed by atoms with Crippen LogP contribution < -0.4 is 5.32 Å². The van der Waals surface area contributed by atoms with Crippen molar-refractivity contribution in [3.63, 3.8) is 0 Å². The number of aromatic nitrogens is 1. The Hall–Kier alpha value is -1.77. The minimum absolute atomic E-state index is 0.0147. The Labute approximate surface area is 123 Å². The Kier molecular flexibility index (Phi) is 7.00. The summed E-state index contributed by atoms with van der Waals surface area (Å²) in [6.45, 7) is 2.67. The number of unbranched alkanes of at least 4 members (excludes halogenated alkanes) is 5. The summed E-state index contributed by atoms with van der Waals surface area (Å²) in [7, 11) is 0. The number of alkyl halides is 3. The van der Waals surface area contributed by atoms with Gasteiger partial charge in [0.15, 0.2) is 0 Å². The maximum Gasteiger partial charge on any atom is 0.433 e. The van der Waals surface area contributed by atoms with Crippen molar-refractivity contribution in [3.8, 4) is 6.07 Å². The molecule has 0 radical (unpaired) electrons. The lowest BCUT2D eigenvalue weighted by Crippen LogP contribution is -2.12. The average Bonchev–Trinajstić information content (AvgIpc) is 2.45. The molecule has 1 heterocycles. The first kappa shape index (κ1) is 17.3. The lowest BCUT2D eigenvalue weighted by atomic mass is 10.1. The van der Waals surface area contributed by atoms with Gasteiger partial charge in [-0.05, 0) is 18.6 Å². The second-order valence-electron chi connectivity index (χ2n) is 4.90. The Bertz CT molecular complexity index is 478. The van der Waals surface area contributed by atoms with E-state index in [0.717, 1.165) is 31.4 Å².